The number of amides is 12. The summed E-state index contributed by atoms with van der Waals surface area (Å²) in [4.78, 5) is 247. The number of nitrogens with zero attached hydrogens (tertiary/aromatic N) is 2. The Morgan fingerprint density at radius 2 is 0.966 bits per heavy atom. The summed E-state index contributed by atoms with van der Waals surface area (Å²) in [6, 6.07) is 0.0969. The molecule has 3 saturated heterocycles. The summed E-state index contributed by atoms with van der Waals surface area (Å²) < 4.78 is 0. The van der Waals surface area contributed by atoms with Crippen LogP contribution in [0.3, 0.4) is 0 Å². The number of piperidine rings is 2. The van der Waals surface area contributed by atoms with E-state index in [1.54, 1.807) is 58.0 Å². The second-order valence-electron chi connectivity index (χ2n) is 29.5. The van der Waals surface area contributed by atoms with Crippen LogP contribution < -0.4 is 64.2 Å². The molecule has 3 aromatic carbocycles. The van der Waals surface area contributed by atoms with E-state index in [1.165, 1.54) is 53.4 Å². The van der Waals surface area contributed by atoms with Crippen LogP contribution in [0.2, 0.25) is 0 Å². The van der Waals surface area contributed by atoms with E-state index in [2.05, 4.69) is 58.5 Å². The molecule has 2 bridgehead atoms. The number of phenolic OH excluding ortho intramolecular Hbond substituents is 1. The number of aliphatic carboxylic acids is 6. The first-order valence-corrected chi connectivity index (χ1v) is 38.3. The Bertz CT molecular complexity index is 4120. The molecule has 4 fully saturated rings. The van der Waals surface area contributed by atoms with Crippen molar-refractivity contribution in [1.82, 2.24) is 63.0 Å². The molecule has 12 amide bonds. The van der Waals surface area contributed by atoms with Gasteiger partial charge in [0.25, 0.3) is 5.91 Å². The lowest BCUT2D eigenvalue weighted by atomic mass is 9.73. The van der Waals surface area contributed by atoms with E-state index < -0.39 is 262 Å². The minimum atomic E-state index is -1.88. The minimum absolute atomic E-state index is 0.0552. The van der Waals surface area contributed by atoms with Gasteiger partial charge in [-0.15, -0.1) is 0 Å². The number of benzene rings is 3. The standard InChI is InChI=1S/C77H103N15O25/c1-5-40(4)63(75(115)91-33-9-12-56(91)72(112)84-49(26-30-59(97)98)66(106)83-48(25-29-58(95)96)67(107)88-54(36-42-13-23-47(93)24-14-42)70(110)87-52(34-39(2)3)68(108)86-51(76(116)117)28-32-61(101)102)90-73(113)64-43-17-21-46(22-18-43)92(64)74(114)50(27-31-60(99)100)85-69(109)53(35-41-10-7-6-8-11-41)89-71(111)55(37-62(103)104)82-57(94)38-80-65(105)44-15-19-45(20-16-44)81-77(78)79/h6-8,10-11,13-16,19-20,23-24,39-40,43,46,48-56,63-64,93H,5,9,12,17-18,21-22,25-38H2,1-4H3,(H,80,105)(H,82,94)(H,83,106)(H,84,112)(H,85,109)(H,86,108)(H,87,110)(H,88,107)(H,89,111)(H,90,113)(H,95,96)(H,97,98)(H,99,100)(H,101,102)(H,103,104)(H,116,117)(H4,78,79,81)/t40-,43?,46?,48-,49-,50-,51+,52-,53-,54-,55-,56-,63-,64?/m0/s1. The van der Waals surface area contributed by atoms with E-state index in [9.17, 15) is 108 Å². The van der Waals surface area contributed by atoms with Crippen LogP contribution in [-0.4, -0.2) is 244 Å². The molecule has 3 aliphatic heterocycles. The number of rotatable bonds is 46. The molecule has 636 valence electrons. The van der Waals surface area contributed by atoms with Crippen LogP contribution in [0.4, 0.5) is 5.69 Å². The van der Waals surface area contributed by atoms with E-state index in [-0.39, 0.29) is 61.8 Å². The quantitative estimate of drug-likeness (QED) is 0.0242. The average Bonchev–Trinajstić information content (AvgIpc) is 0.971. The van der Waals surface area contributed by atoms with Crippen molar-refractivity contribution >= 4 is 118 Å². The zero-order valence-corrected chi connectivity index (χ0v) is 65.0. The second-order valence-corrected chi connectivity index (χ2v) is 29.5. The highest BCUT2D eigenvalue weighted by Gasteiger charge is 2.51. The molecular formula is C77H103N15O25. The van der Waals surface area contributed by atoms with E-state index in [1.807, 2.05) is 0 Å². The predicted octanol–water partition coefficient (Wildman–Crippen LogP) is -0.853. The van der Waals surface area contributed by atoms with Crippen molar-refractivity contribution in [3.05, 3.63) is 95.6 Å². The number of carboxylic acid groups (broad SMARTS) is 6. The van der Waals surface area contributed by atoms with Crippen molar-refractivity contribution in [3.63, 3.8) is 0 Å². The normalized spacial score (nSPS) is 17.9. The van der Waals surface area contributed by atoms with Gasteiger partial charge >= 0.3 is 35.8 Å². The number of carbonyl (C=O) groups is 18. The molecule has 4 aliphatic rings. The third-order valence-corrected chi connectivity index (χ3v) is 20.2. The molecular weight excluding hydrogens is 1530 g/mol. The highest BCUT2D eigenvalue weighted by molar-refractivity contribution is 6.02. The molecule has 1 saturated carbocycles. The summed E-state index contributed by atoms with van der Waals surface area (Å²) in [5, 5.41) is 103. The molecule has 0 aromatic heterocycles. The maximum Gasteiger partial charge on any atom is 0.326 e. The third kappa shape index (κ3) is 29.2. The second kappa shape index (κ2) is 44.7. The topological polar surface area (TPSA) is 638 Å². The van der Waals surface area contributed by atoms with E-state index in [4.69, 9.17) is 11.1 Å². The molecule has 40 nitrogen and oxygen atoms in total. The fraction of sp³-hybridized carbons (Fsp3) is 0.519. The molecule has 0 spiro atoms. The Hall–Kier alpha value is -12.8. The van der Waals surface area contributed by atoms with Gasteiger partial charge in [0.15, 0.2) is 5.96 Å². The van der Waals surface area contributed by atoms with Gasteiger partial charge in [-0.05, 0) is 136 Å². The molecule has 7 rings (SSSR count). The van der Waals surface area contributed by atoms with E-state index in [0.717, 1.165) is 4.90 Å². The van der Waals surface area contributed by atoms with E-state index in [0.29, 0.717) is 42.5 Å². The average molecular weight is 1640 g/mol. The van der Waals surface area contributed by atoms with Crippen LogP contribution in [0.1, 0.15) is 158 Å². The molecule has 40 heteroatoms. The van der Waals surface area contributed by atoms with Crippen molar-refractivity contribution in [2.75, 3.05) is 18.4 Å². The van der Waals surface area contributed by atoms with Gasteiger partial charge < -0.3 is 110 Å². The number of hydrogen-bond acceptors (Lipinski definition) is 20. The third-order valence-electron chi connectivity index (χ3n) is 20.2. The summed E-state index contributed by atoms with van der Waals surface area (Å²) in [6.45, 7) is 5.79. The van der Waals surface area contributed by atoms with Crippen molar-refractivity contribution in [3.8, 4) is 5.75 Å². The van der Waals surface area contributed by atoms with Crippen LogP contribution in [0.25, 0.3) is 0 Å². The number of fused-ring (bicyclic) bond motifs is 3. The van der Waals surface area contributed by atoms with Crippen molar-refractivity contribution in [1.29, 1.82) is 5.41 Å². The van der Waals surface area contributed by atoms with Gasteiger partial charge in [-0.25, -0.2) is 4.79 Å². The zero-order valence-electron chi connectivity index (χ0n) is 65.0. The van der Waals surface area contributed by atoms with Gasteiger partial charge in [0.2, 0.25) is 65.0 Å². The van der Waals surface area contributed by atoms with Crippen LogP contribution in [-0.2, 0) is 94.3 Å². The lowest BCUT2D eigenvalue weighted by Crippen LogP contribution is -2.68. The van der Waals surface area contributed by atoms with E-state index >= 15 is 14.4 Å². The summed E-state index contributed by atoms with van der Waals surface area (Å²) in [7, 11) is 0. The molecule has 1 aliphatic carbocycles. The zero-order chi connectivity index (χ0) is 86.5. The maximum atomic E-state index is 15.4. The fourth-order valence-corrected chi connectivity index (χ4v) is 14.0. The molecule has 3 heterocycles. The van der Waals surface area contributed by atoms with Crippen LogP contribution >= 0.6 is 0 Å². The lowest BCUT2D eigenvalue weighted by molar-refractivity contribution is -0.157. The Morgan fingerprint density at radius 1 is 0.496 bits per heavy atom. The van der Waals surface area contributed by atoms with Crippen LogP contribution in [0.15, 0.2) is 78.9 Å². The van der Waals surface area contributed by atoms with Crippen molar-refractivity contribution < 1.29 is 122 Å². The Kier molecular flexibility index (Phi) is 35.6. The molecule has 0 radical (unpaired) electrons. The van der Waals surface area contributed by atoms with Gasteiger partial charge in [0, 0.05) is 62.4 Å². The predicted molar refractivity (Wildman–Crippen MR) is 411 cm³/mol. The van der Waals surface area contributed by atoms with Gasteiger partial charge in [0.05, 0.1) is 13.0 Å². The van der Waals surface area contributed by atoms with Crippen LogP contribution in [0.5, 0.6) is 5.75 Å². The fourth-order valence-electron chi connectivity index (χ4n) is 14.0. The first kappa shape index (κ1) is 93.1. The number of phenols is 1. The van der Waals surface area contributed by atoms with Gasteiger partial charge in [-0.3, -0.25) is 86.9 Å². The molecule has 3 aromatic rings. The number of likely N-dealkylation sites (tertiary alicyclic amines) is 1. The number of anilines is 1. The summed E-state index contributed by atoms with van der Waals surface area (Å²) in [5.41, 5.74) is 6.53. The molecule has 12 atom stereocenters. The number of aromatic hydroxyl groups is 1. The number of guanidine groups is 1. The number of carboxylic acids is 6. The summed E-state index contributed by atoms with van der Waals surface area (Å²) in [5.74, 6) is -23.2. The summed E-state index contributed by atoms with van der Waals surface area (Å²) >= 11 is 0. The van der Waals surface area contributed by atoms with Gasteiger partial charge in [0.1, 0.15) is 72.2 Å². The number of nitrogens with one attached hydrogen (secondary N) is 12. The number of hydrogen-bond donors (Lipinski definition) is 20. The highest BCUT2D eigenvalue weighted by atomic mass is 16.4. The van der Waals surface area contributed by atoms with Gasteiger partial charge in [-0.1, -0.05) is 76.6 Å². The molecule has 1 unspecified atom stereocenters. The number of nitrogens with two attached hydrogens (primary N) is 1. The van der Waals surface area contributed by atoms with Crippen molar-refractivity contribution in [2.24, 2.45) is 23.5 Å². The SMILES string of the molecule is CC[C@H](C)[C@H](NC(=O)C1C2CCC(CC2)N1C(=O)[C@H](CCC(=O)O)NC(=O)[C@H](Cc1ccccc1)NC(=O)[C@H](CC(=O)O)NC(=O)CNC(=O)c1ccc(NC(=N)N)cc1)C(=O)N1CCC[C@H]1C(=O)N[C@@H](CCC(=O)O)C(=O)N[C@@H](CCC(=O)O)C(=O)N[C@@H](Cc1ccc(O)cc1)C(=O)N[C@@H](CC(C)C)C(=O)N[C@H](CCC(=O)O)C(=O)O. The number of carbonyl (C=O) groups excluding carboxylic acids is 12. The molecule has 117 heavy (non-hydrogen) atoms. The lowest BCUT2D eigenvalue weighted by Gasteiger charge is -2.51. The maximum absolute atomic E-state index is 15.4. The smallest absolute Gasteiger partial charge is 0.326 e. The molecule has 21 N–H and O–H groups in total. The Morgan fingerprint density at radius 3 is 1.48 bits per heavy atom. The Balaban J connectivity index is 1.21. The monoisotopic (exact) mass is 1640 g/mol. The first-order chi connectivity index (χ1) is 55.3. The Labute approximate surface area is 671 Å². The largest absolute Gasteiger partial charge is 0.508 e. The summed E-state index contributed by atoms with van der Waals surface area (Å²) in [6.07, 6.45) is -5.45. The van der Waals surface area contributed by atoms with Crippen molar-refractivity contribution in [2.45, 2.75) is 222 Å². The van der Waals surface area contributed by atoms with Gasteiger partial charge in [-0.2, -0.15) is 0 Å². The highest BCUT2D eigenvalue weighted by Crippen LogP contribution is 2.41. The minimum Gasteiger partial charge on any atom is -0.508 e. The first-order valence-electron chi connectivity index (χ1n) is 38.3. The van der Waals surface area contributed by atoms with Crippen LogP contribution in [0, 0.1) is 23.2 Å².